The minimum absolute atomic E-state index is 0.0127. The molecule has 0 aromatic heterocycles. The van der Waals surface area contributed by atoms with E-state index in [1.54, 1.807) is 19.2 Å². The minimum atomic E-state index is -0.264. The van der Waals surface area contributed by atoms with Gasteiger partial charge >= 0.3 is 0 Å². The zero-order valence-electron chi connectivity index (χ0n) is 20.2. The van der Waals surface area contributed by atoms with Crippen LogP contribution in [0, 0.1) is 5.82 Å². The van der Waals surface area contributed by atoms with Crippen molar-refractivity contribution in [3.8, 4) is 11.5 Å². The maximum Gasteiger partial charge on any atom is 0.257 e. The van der Waals surface area contributed by atoms with Crippen molar-refractivity contribution in [3.05, 3.63) is 59.4 Å². The number of para-hydroxylation sites is 1. The normalized spacial score (nSPS) is 22.4. The van der Waals surface area contributed by atoms with E-state index >= 15 is 0 Å². The molecule has 2 aliphatic rings. The van der Waals surface area contributed by atoms with Crippen molar-refractivity contribution >= 4 is 5.91 Å². The highest BCUT2D eigenvalue weighted by atomic mass is 19.1. The van der Waals surface area contributed by atoms with E-state index in [4.69, 9.17) is 14.2 Å². The third kappa shape index (κ3) is 5.70. The molecule has 34 heavy (non-hydrogen) atoms. The predicted molar refractivity (Wildman–Crippen MR) is 129 cm³/mol. The Morgan fingerprint density at radius 1 is 1.03 bits per heavy atom. The van der Waals surface area contributed by atoms with Crippen LogP contribution in [0.2, 0.25) is 0 Å². The summed E-state index contributed by atoms with van der Waals surface area (Å²) in [5, 5.41) is 0. The van der Waals surface area contributed by atoms with Gasteiger partial charge in [0.1, 0.15) is 23.9 Å². The summed E-state index contributed by atoms with van der Waals surface area (Å²) >= 11 is 0. The van der Waals surface area contributed by atoms with Gasteiger partial charge in [0.15, 0.2) is 0 Å². The van der Waals surface area contributed by atoms with Gasteiger partial charge in [-0.15, -0.1) is 0 Å². The van der Waals surface area contributed by atoms with Gasteiger partial charge in [0.25, 0.3) is 5.91 Å². The van der Waals surface area contributed by atoms with Crippen LogP contribution in [0.5, 0.6) is 11.5 Å². The van der Waals surface area contributed by atoms with E-state index in [1.165, 1.54) is 13.2 Å². The first-order valence-electron chi connectivity index (χ1n) is 12.2. The SMILES string of the molecule is COc1ccc(CN2CCCC[C@@H]3[C@H](OC)CCCN3C(=O)c3ccccc3OCC2)c(F)c1. The van der Waals surface area contributed by atoms with E-state index in [1.807, 2.05) is 29.2 Å². The molecule has 2 aliphatic heterocycles. The first-order valence-corrected chi connectivity index (χ1v) is 12.2. The van der Waals surface area contributed by atoms with E-state index in [0.29, 0.717) is 42.3 Å². The number of ether oxygens (including phenoxy) is 3. The summed E-state index contributed by atoms with van der Waals surface area (Å²) in [5.41, 5.74) is 1.23. The Labute approximate surface area is 201 Å². The summed E-state index contributed by atoms with van der Waals surface area (Å²) in [6, 6.07) is 12.5. The Bertz CT molecular complexity index is 969. The highest BCUT2D eigenvalue weighted by Gasteiger charge is 2.35. The largest absolute Gasteiger partial charge is 0.497 e. The van der Waals surface area contributed by atoms with Crippen LogP contribution in [0.1, 0.15) is 48.0 Å². The van der Waals surface area contributed by atoms with E-state index in [9.17, 15) is 9.18 Å². The summed E-state index contributed by atoms with van der Waals surface area (Å²) in [5.74, 6) is 0.861. The first-order chi connectivity index (χ1) is 16.6. The summed E-state index contributed by atoms with van der Waals surface area (Å²) in [6.45, 7) is 3.12. The monoisotopic (exact) mass is 470 g/mol. The zero-order chi connectivity index (χ0) is 23.9. The van der Waals surface area contributed by atoms with E-state index in [2.05, 4.69) is 4.90 Å². The second-order valence-corrected chi connectivity index (χ2v) is 9.06. The maximum atomic E-state index is 14.6. The number of halogens is 1. The predicted octanol–water partition coefficient (Wildman–Crippen LogP) is 4.52. The van der Waals surface area contributed by atoms with Crippen LogP contribution in [0.15, 0.2) is 42.5 Å². The molecular formula is C27H35FN2O4. The number of fused-ring (bicyclic) bond motifs is 2. The number of piperidine rings is 1. The van der Waals surface area contributed by atoms with Gasteiger partial charge in [0.05, 0.1) is 24.8 Å². The highest BCUT2D eigenvalue weighted by molar-refractivity contribution is 5.97. The standard InChI is InChI=1S/C27H35FN2O4/c1-32-21-13-12-20(23(28)18-21)19-29-14-6-5-9-24-26(33-2)11-7-15-30(24)27(31)22-8-3-4-10-25(22)34-17-16-29/h3-4,8,10,12-13,18,24,26H,5-7,9,11,14-17,19H2,1-2H3/t24-,26-/m1/s1. The smallest absolute Gasteiger partial charge is 0.257 e. The van der Waals surface area contributed by atoms with E-state index in [-0.39, 0.29) is 23.9 Å². The molecule has 4 rings (SSSR count). The number of hydrogen-bond donors (Lipinski definition) is 0. The lowest BCUT2D eigenvalue weighted by Gasteiger charge is -2.41. The molecule has 7 heteroatoms. The Morgan fingerprint density at radius 3 is 2.68 bits per heavy atom. The molecule has 0 saturated carbocycles. The van der Waals surface area contributed by atoms with Gasteiger partial charge in [0, 0.05) is 38.4 Å². The summed E-state index contributed by atoms with van der Waals surface area (Å²) in [6.07, 6.45) is 4.76. The number of nitrogens with zero attached hydrogens (tertiary/aromatic N) is 2. The fourth-order valence-electron chi connectivity index (χ4n) is 5.08. The molecule has 1 saturated heterocycles. The van der Waals surface area contributed by atoms with Crippen molar-refractivity contribution < 1.29 is 23.4 Å². The van der Waals surface area contributed by atoms with E-state index in [0.717, 1.165) is 45.2 Å². The van der Waals surface area contributed by atoms with Crippen molar-refractivity contribution in [1.82, 2.24) is 9.80 Å². The van der Waals surface area contributed by atoms with Gasteiger partial charge in [-0.2, -0.15) is 0 Å². The number of carbonyl (C=O) groups is 1. The molecule has 1 fully saturated rings. The van der Waals surface area contributed by atoms with Gasteiger partial charge in [-0.3, -0.25) is 9.69 Å². The molecule has 0 N–H and O–H groups in total. The molecule has 0 spiro atoms. The van der Waals surface area contributed by atoms with Gasteiger partial charge in [-0.1, -0.05) is 24.6 Å². The summed E-state index contributed by atoms with van der Waals surface area (Å²) in [7, 11) is 3.27. The molecule has 2 heterocycles. The molecule has 1 amide bonds. The molecule has 6 nitrogen and oxygen atoms in total. The topological polar surface area (TPSA) is 51.2 Å². The molecule has 2 aromatic rings. The lowest BCUT2D eigenvalue weighted by atomic mass is 9.93. The van der Waals surface area contributed by atoms with Crippen LogP contribution in [0.25, 0.3) is 0 Å². The molecule has 184 valence electrons. The Kier molecular flexibility index (Phi) is 8.40. The highest BCUT2D eigenvalue weighted by Crippen LogP contribution is 2.29. The van der Waals surface area contributed by atoms with Crippen molar-refractivity contribution in [2.45, 2.75) is 50.8 Å². The minimum Gasteiger partial charge on any atom is -0.497 e. The average Bonchev–Trinajstić information content (AvgIpc) is 2.87. The lowest BCUT2D eigenvalue weighted by molar-refractivity contribution is -0.0155. The van der Waals surface area contributed by atoms with Gasteiger partial charge in [-0.05, 0) is 50.4 Å². The Hall–Kier alpha value is -2.64. The number of amides is 1. The number of methoxy groups -OCH3 is 2. The summed E-state index contributed by atoms with van der Waals surface area (Å²) < 4.78 is 31.6. The van der Waals surface area contributed by atoms with Crippen LogP contribution < -0.4 is 9.47 Å². The number of carbonyl (C=O) groups excluding carboxylic acids is 1. The molecule has 0 unspecified atom stereocenters. The zero-order valence-corrected chi connectivity index (χ0v) is 20.2. The van der Waals surface area contributed by atoms with Crippen molar-refractivity contribution in [2.75, 3.05) is 40.5 Å². The van der Waals surface area contributed by atoms with Gasteiger partial charge in [-0.25, -0.2) is 4.39 Å². The number of benzene rings is 2. The maximum absolute atomic E-state index is 14.6. The third-order valence-corrected chi connectivity index (χ3v) is 6.94. The third-order valence-electron chi connectivity index (χ3n) is 6.94. The summed E-state index contributed by atoms with van der Waals surface area (Å²) in [4.78, 5) is 17.8. The van der Waals surface area contributed by atoms with E-state index < -0.39 is 0 Å². The lowest BCUT2D eigenvalue weighted by Crippen LogP contribution is -2.51. The average molecular weight is 471 g/mol. The molecule has 0 aliphatic carbocycles. The fourth-order valence-corrected chi connectivity index (χ4v) is 5.08. The first kappa shape index (κ1) is 24.5. The Morgan fingerprint density at radius 2 is 1.88 bits per heavy atom. The molecule has 0 bridgehead atoms. The van der Waals surface area contributed by atoms with Crippen LogP contribution in [-0.4, -0.2) is 68.3 Å². The quantitative estimate of drug-likeness (QED) is 0.658. The number of hydrogen-bond acceptors (Lipinski definition) is 5. The number of rotatable bonds is 4. The Balaban J connectivity index is 1.55. The van der Waals surface area contributed by atoms with Gasteiger partial charge < -0.3 is 19.1 Å². The molecule has 2 aromatic carbocycles. The second-order valence-electron chi connectivity index (χ2n) is 9.06. The second kappa shape index (κ2) is 11.7. The van der Waals surface area contributed by atoms with Crippen LogP contribution in [0.3, 0.4) is 0 Å². The van der Waals surface area contributed by atoms with Gasteiger partial charge in [0.2, 0.25) is 0 Å². The fraction of sp³-hybridized carbons (Fsp3) is 0.519. The molecular weight excluding hydrogens is 435 g/mol. The molecule has 2 atom stereocenters. The van der Waals surface area contributed by atoms with Crippen LogP contribution >= 0.6 is 0 Å². The van der Waals surface area contributed by atoms with Crippen molar-refractivity contribution in [2.24, 2.45) is 0 Å². The van der Waals surface area contributed by atoms with Crippen LogP contribution in [-0.2, 0) is 11.3 Å². The van der Waals surface area contributed by atoms with Crippen LogP contribution in [0.4, 0.5) is 4.39 Å². The van der Waals surface area contributed by atoms with Crippen molar-refractivity contribution in [1.29, 1.82) is 0 Å². The molecule has 0 radical (unpaired) electrons. The van der Waals surface area contributed by atoms with Crippen molar-refractivity contribution in [3.63, 3.8) is 0 Å².